The quantitative estimate of drug-likeness (QED) is 0.914. The molecule has 1 aromatic carbocycles. The Bertz CT molecular complexity index is 642. The fourth-order valence-corrected chi connectivity index (χ4v) is 1.50. The lowest BCUT2D eigenvalue weighted by Gasteiger charge is -2.10. The number of aromatic hydroxyl groups is 1. The summed E-state index contributed by atoms with van der Waals surface area (Å²) in [6.45, 7) is 0. The molecule has 0 bridgehead atoms. The number of carbonyl (C=O) groups excluding carboxylic acids is 1. The Balaban J connectivity index is 2.05. The van der Waals surface area contributed by atoms with Crippen LogP contribution in [-0.4, -0.2) is 22.4 Å². The minimum atomic E-state index is -4.77. The Kier molecular flexibility index (Phi) is 3.97. The highest BCUT2D eigenvalue weighted by Gasteiger charge is 2.30. The lowest BCUT2D eigenvalue weighted by molar-refractivity contribution is -0.274. The van der Waals surface area contributed by atoms with E-state index in [-0.39, 0.29) is 22.7 Å². The van der Waals surface area contributed by atoms with Crippen LogP contribution in [0.5, 0.6) is 11.5 Å². The number of ether oxygens (including phenoxy) is 1. The van der Waals surface area contributed by atoms with Crippen LogP contribution in [0.4, 0.5) is 18.9 Å². The zero-order valence-corrected chi connectivity index (χ0v) is 10.4. The van der Waals surface area contributed by atoms with E-state index in [0.29, 0.717) is 0 Å². The van der Waals surface area contributed by atoms with Gasteiger partial charge in [-0.2, -0.15) is 0 Å². The van der Waals surface area contributed by atoms with Gasteiger partial charge in [0.2, 0.25) is 0 Å². The maximum absolute atomic E-state index is 12.0. The number of alkyl halides is 3. The van der Waals surface area contributed by atoms with E-state index < -0.39 is 12.3 Å². The van der Waals surface area contributed by atoms with Crippen LogP contribution in [-0.2, 0) is 0 Å². The van der Waals surface area contributed by atoms with Crippen molar-refractivity contribution < 1.29 is 27.8 Å². The predicted molar refractivity (Wildman–Crippen MR) is 67.0 cm³/mol. The second-order valence-corrected chi connectivity index (χ2v) is 3.96. The zero-order valence-electron chi connectivity index (χ0n) is 10.4. The highest BCUT2D eigenvalue weighted by Crippen LogP contribution is 2.24. The van der Waals surface area contributed by atoms with E-state index in [1.807, 2.05) is 0 Å². The van der Waals surface area contributed by atoms with Crippen LogP contribution in [0.3, 0.4) is 0 Å². The smallest absolute Gasteiger partial charge is 0.506 e. The van der Waals surface area contributed by atoms with Crippen LogP contribution in [0.1, 0.15) is 10.4 Å². The molecule has 2 rings (SSSR count). The fourth-order valence-electron chi connectivity index (χ4n) is 1.50. The van der Waals surface area contributed by atoms with Crippen molar-refractivity contribution in [3.63, 3.8) is 0 Å². The minimum Gasteiger partial charge on any atom is -0.506 e. The largest absolute Gasteiger partial charge is 0.573 e. The van der Waals surface area contributed by atoms with Crippen molar-refractivity contribution in [1.29, 1.82) is 0 Å². The highest BCUT2D eigenvalue weighted by atomic mass is 19.4. The number of carbonyl (C=O) groups is 1. The van der Waals surface area contributed by atoms with Crippen LogP contribution in [0.2, 0.25) is 0 Å². The van der Waals surface area contributed by atoms with Crippen LogP contribution < -0.4 is 10.1 Å². The number of hydrogen-bond donors (Lipinski definition) is 2. The van der Waals surface area contributed by atoms with Gasteiger partial charge in [-0.15, -0.1) is 13.2 Å². The van der Waals surface area contributed by atoms with Crippen molar-refractivity contribution in [2.75, 3.05) is 5.32 Å². The van der Waals surface area contributed by atoms with Crippen molar-refractivity contribution >= 4 is 11.6 Å². The van der Waals surface area contributed by atoms with E-state index in [2.05, 4.69) is 15.0 Å². The summed E-state index contributed by atoms with van der Waals surface area (Å²) in [4.78, 5) is 15.5. The zero-order chi connectivity index (χ0) is 15.5. The normalized spacial score (nSPS) is 11.0. The molecule has 8 heteroatoms. The van der Waals surface area contributed by atoms with Crippen molar-refractivity contribution in [2.24, 2.45) is 0 Å². The molecule has 0 aliphatic heterocycles. The van der Waals surface area contributed by atoms with E-state index in [1.165, 1.54) is 30.6 Å². The molecule has 0 atom stereocenters. The summed E-state index contributed by atoms with van der Waals surface area (Å²) < 4.78 is 39.7. The summed E-state index contributed by atoms with van der Waals surface area (Å²) in [7, 11) is 0. The van der Waals surface area contributed by atoms with E-state index in [0.717, 1.165) is 12.1 Å². The number of benzene rings is 1. The molecule has 5 nitrogen and oxygen atoms in total. The molecule has 2 aromatic rings. The fraction of sp³-hybridized carbons (Fsp3) is 0.0769. The second-order valence-electron chi connectivity index (χ2n) is 3.96. The number of nitrogens with zero attached hydrogens (tertiary/aromatic N) is 1. The van der Waals surface area contributed by atoms with Gasteiger partial charge in [-0.1, -0.05) is 0 Å². The molecule has 0 saturated carbocycles. The van der Waals surface area contributed by atoms with Crippen LogP contribution in [0, 0.1) is 0 Å². The molecule has 0 saturated heterocycles. The Morgan fingerprint density at radius 1 is 1.19 bits per heavy atom. The molecule has 0 spiro atoms. The molecule has 0 radical (unpaired) electrons. The average molecular weight is 298 g/mol. The molecule has 0 fully saturated rings. The summed E-state index contributed by atoms with van der Waals surface area (Å²) >= 11 is 0. The number of nitrogens with one attached hydrogen (secondary N) is 1. The van der Waals surface area contributed by atoms with Gasteiger partial charge < -0.3 is 15.2 Å². The molecular formula is C13H9F3N2O3. The average Bonchev–Trinajstić information content (AvgIpc) is 2.39. The lowest BCUT2D eigenvalue weighted by Crippen LogP contribution is -2.17. The van der Waals surface area contributed by atoms with E-state index in [9.17, 15) is 23.1 Å². The van der Waals surface area contributed by atoms with Crippen LogP contribution in [0.25, 0.3) is 0 Å². The predicted octanol–water partition coefficient (Wildman–Crippen LogP) is 2.94. The SMILES string of the molecule is O=C(Nc1ccc(OC(F)(F)F)cc1)c1cncc(O)c1. The third kappa shape index (κ3) is 4.37. The summed E-state index contributed by atoms with van der Waals surface area (Å²) in [5.41, 5.74) is 0.392. The van der Waals surface area contributed by atoms with Gasteiger partial charge in [0.25, 0.3) is 5.91 Å². The Morgan fingerprint density at radius 3 is 2.43 bits per heavy atom. The first-order valence-electron chi connectivity index (χ1n) is 5.65. The summed E-state index contributed by atoms with van der Waals surface area (Å²) in [6, 6.07) is 5.88. The summed E-state index contributed by atoms with van der Waals surface area (Å²) in [6.07, 6.45) is -2.35. The maximum Gasteiger partial charge on any atom is 0.573 e. The first kappa shape index (κ1) is 14.6. The molecule has 110 valence electrons. The van der Waals surface area contributed by atoms with Gasteiger partial charge in [-0.3, -0.25) is 9.78 Å². The minimum absolute atomic E-state index is 0.116. The van der Waals surface area contributed by atoms with Crippen molar-refractivity contribution in [1.82, 2.24) is 4.98 Å². The van der Waals surface area contributed by atoms with E-state index in [1.54, 1.807) is 0 Å². The topological polar surface area (TPSA) is 71.5 Å². The number of hydrogen-bond acceptors (Lipinski definition) is 4. The van der Waals surface area contributed by atoms with Crippen molar-refractivity contribution in [3.8, 4) is 11.5 Å². The third-order valence-corrected chi connectivity index (χ3v) is 2.33. The van der Waals surface area contributed by atoms with Crippen LogP contribution >= 0.6 is 0 Å². The molecule has 21 heavy (non-hydrogen) atoms. The molecule has 0 aliphatic rings. The van der Waals surface area contributed by atoms with Gasteiger partial charge in [-0.05, 0) is 30.3 Å². The number of rotatable bonds is 3. The number of pyridine rings is 1. The molecular weight excluding hydrogens is 289 g/mol. The third-order valence-electron chi connectivity index (χ3n) is 2.33. The number of aromatic nitrogens is 1. The van der Waals surface area contributed by atoms with Crippen LogP contribution in [0.15, 0.2) is 42.7 Å². The Hall–Kier alpha value is -2.77. The Morgan fingerprint density at radius 2 is 1.86 bits per heavy atom. The molecule has 0 aliphatic carbocycles. The van der Waals surface area contributed by atoms with Gasteiger partial charge in [0, 0.05) is 11.9 Å². The first-order valence-corrected chi connectivity index (χ1v) is 5.65. The molecule has 1 heterocycles. The number of amides is 1. The van der Waals surface area contributed by atoms with Gasteiger partial charge in [0.1, 0.15) is 11.5 Å². The monoisotopic (exact) mass is 298 g/mol. The first-order chi connectivity index (χ1) is 9.83. The van der Waals surface area contributed by atoms with Gasteiger partial charge in [0.05, 0.1) is 11.8 Å². The van der Waals surface area contributed by atoms with Crippen molar-refractivity contribution in [3.05, 3.63) is 48.3 Å². The van der Waals surface area contributed by atoms with Gasteiger partial charge in [-0.25, -0.2) is 0 Å². The maximum atomic E-state index is 12.0. The molecule has 1 aromatic heterocycles. The second kappa shape index (κ2) is 5.70. The molecule has 0 unspecified atom stereocenters. The van der Waals surface area contributed by atoms with E-state index >= 15 is 0 Å². The summed E-state index contributed by atoms with van der Waals surface area (Å²) in [5, 5.41) is 11.7. The Labute approximate surface area is 117 Å². The van der Waals surface area contributed by atoms with Gasteiger partial charge >= 0.3 is 6.36 Å². The number of halogens is 3. The highest BCUT2D eigenvalue weighted by molar-refractivity contribution is 6.04. The van der Waals surface area contributed by atoms with Crippen molar-refractivity contribution in [2.45, 2.75) is 6.36 Å². The number of anilines is 1. The van der Waals surface area contributed by atoms with E-state index in [4.69, 9.17) is 0 Å². The lowest BCUT2D eigenvalue weighted by atomic mass is 10.2. The molecule has 2 N–H and O–H groups in total. The molecule has 1 amide bonds. The standard InChI is InChI=1S/C13H9F3N2O3/c14-13(15,16)21-11-3-1-9(2-4-11)18-12(20)8-5-10(19)7-17-6-8/h1-7,19H,(H,18,20). The summed E-state index contributed by atoms with van der Waals surface area (Å²) in [5.74, 6) is -1.11. The van der Waals surface area contributed by atoms with Gasteiger partial charge in [0.15, 0.2) is 0 Å².